The van der Waals surface area contributed by atoms with Gasteiger partial charge in [0.2, 0.25) is 0 Å². The van der Waals surface area contributed by atoms with Gasteiger partial charge in [-0.15, -0.1) is 0 Å². The molecule has 0 aromatic heterocycles. The van der Waals surface area contributed by atoms with Crippen molar-refractivity contribution in [3.05, 3.63) is 0 Å². The summed E-state index contributed by atoms with van der Waals surface area (Å²) >= 11 is 0. The molecule has 0 unspecified atom stereocenters. The van der Waals surface area contributed by atoms with E-state index in [1.165, 1.54) is 4.90 Å². The van der Waals surface area contributed by atoms with E-state index < -0.39 is 18.6 Å². The summed E-state index contributed by atoms with van der Waals surface area (Å²) in [5.74, 6) is -1.11. The molecule has 0 saturated carbocycles. The van der Waals surface area contributed by atoms with Crippen LogP contribution in [0.15, 0.2) is 0 Å². The molecule has 3 nitrogen and oxygen atoms in total. The zero-order valence-electron chi connectivity index (χ0n) is 8.14. The van der Waals surface area contributed by atoms with Gasteiger partial charge in [0.25, 0.3) is 0 Å². The number of carboxylic acid groups (broad SMARTS) is 1. The van der Waals surface area contributed by atoms with Gasteiger partial charge < -0.3 is 5.11 Å². The second-order valence-corrected chi connectivity index (χ2v) is 3.32. The third-order valence-electron chi connectivity index (χ3n) is 1.75. The fourth-order valence-corrected chi connectivity index (χ4v) is 0.964. The van der Waals surface area contributed by atoms with Gasteiger partial charge in [-0.3, -0.25) is 9.69 Å². The summed E-state index contributed by atoms with van der Waals surface area (Å²) in [5, 5.41) is 8.44. The molecule has 0 aliphatic carbocycles. The highest BCUT2D eigenvalue weighted by molar-refractivity contribution is 5.69. The molecule has 0 aliphatic heterocycles. The monoisotopic (exact) mass is 213 g/mol. The van der Waals surface area contributed by atoms with Gasteiger partial charge in [0, 0.05) is 12.6 Å². The molecule has 0 rings (SSSR count). The van der Waals surface area contributed by atoms with Crippen LogP contribution in [0.5, 0.6) is 0 Å². The first-order valence-electron chi connectivity index (χ1n) is 4.25. The minimum Gasteiger partial charge on any atom is -0.480 e. The Balaban J connectivity index is 4.04. The van der Waals surface area contributed by atoms with Crippen molar-refractivity contribution in [2.75, 3.05) is 13.1 Å². The van der Waals surface area contributed by atoms with Crippen molar-refractivity contribution in [3.8, 4) is 0 Å². The molecule has 0 aliphatic rings. The summed E-state index contributed by atoms with van der Waals surface area (Å²) in [6.07, 6.45) is -5.20. The molecule has 0 bridgehead atoms. The number of hydrogen-bond donors (Lipinski definition) is 1. The first kappa shape index (κ1) is 13.2. The van der Waals surface area contributed by atoms with Crippen molar-refractivity contribution in [3.63, 3.8) is 0 Å². The number of carboxylic acids is 1. The predicted molar refractivity (Wildman–Crippen MR) is 45.0 cm³/mol. The fourth-order valence-electron chi connectivity index (χ4n) is 0.964. The summed E-state index contributed by atoms with van der Waals surface area (Å²) in [4.78, 5) is 11.6. The average Bonchev–Trinajstić information content (AvgIpc) is 1.94. The Morgan fingerprint density at radius 3 is 2.21 bits per heavy atom. The highest BCUT2D eigenvalue weighted by Gasteiger charge is 2.28. The number of halogens is 3. The van der Waals surface area contributed by atoms with Crippen molar-refractivity contribution in [1.29, 1.82) is 0 Å². The van der Waals surface area contributed by atoms with E-state index in [-0.39, 0.29) is 19.1 Å². The average molecular weight is 213 g/mol. The summed E-state index contributed by atoms with van der Waals surface area (Å²) in [5.41, 5.74) is 0. The van der Waals surface area contributed by atoms with Crippen LogP contribution in [-0.4, -0.2) is 41.3 Å². The second kappa shape index (κ2) is 5.19. The molecule has 0 amide bonds. The van der Waals surface area contributed by atoms with Crippen molar-refractivity contribution in [2.45, 2.75) is 32.5 Å². The van der Waals surface area contributed by atoms with Gasteiger partial charge in [-0.05, 0) is 13.8 Å². The molecule has 0 atom stereocenters. The Labute approximate surface area is 80.5 Å². The van der Waals surface area contributed by atoms with Crippen molar-refractivity contribution < 1.29 is 23.1 Å². The van der Waals surface area contributed by atoms with E-state index in [4.69, 9.17) is 5.11 Å². The van der Waals surface area contributed by atoms with Crippen LogP contribution in [0, 0.1) is 0 Å². The number of alkyl halides is 3. The highest BCUT2D eigenvalue weighted by atomic mass is 19.4. The van der Waals surface area contributed by atoms with Crippen LogP contribution >= 0.6 is 0 Å². The van der Waals surface area contributed by atoms with E-state index in [0.29, 0.717) is 0 Å². The molecule has 0 aromatic rings. The second-order valence-electron chi connectivity index (χ2n) is 3.32. The summed E-state index contributed by atoms with van der Waals surface area (Å²) in [6, 6.07) is -0.201. The van der Waals surface area contributed by atoms with Gasteiger partial charge in [0.05, 0.1) is 13.0 Å². The quantitative estimate of drug-likeness (QED) is 0.756. The fraction of sp³-hybridized carbons (Fsp3) is 0.875. The molecule has 6 heteroatoms. The molecule has 14 heavy (non-hydrogen) atoms. The SMILES string of the molecule is CC(C)N(CCC(F)(F)F)CC(=O)O. The molecule has 84 valence electrons. The number of nitrogens with zero attached hydrogens (tertiary/aromatic N) is 1. The van der Waals surface area contributed by atoms with Gasteiger partial charge >= 0.3 is 12.1 Å². The van der Waals surface area contributed by atoms with E-state index in [2.05, 4.69) is 0 Å². The van der Waals surface area contributed by atoms with E-state index in [0.717, 1.165) is 0 Å². The molecule has 0 aromatic carbocycles. The molecular formula is C8H14F3NO2. The molecule has 0 spiro atoms. The van der Waals surface area contributed by atoms with Gasteiger partial charge in [-0.25, -0.2) is 0 Å². The van der Waals surface area contributed by atoms with E-state index in [1.54, 1.807) is 13.8 Å². The maximum absolute atomic E-state index is 11.8. The summed E-state index contributed by atoms with van der Waals surface area (Å²) in [6.45, 7) is 2.71. The Hall–Kier alpha value is -0.780. The van der Waals surface area contributed by atoms with Crippen molar-refractivity contribution in [2.24, 2.45) is 0 Å². The molecule has 0 saturated heterocycles. The minimum absolute atomic E-state index is 0.201. The topological polar surface area (TPSA) is 40.5 Å². The summed E-state index contributed by atoms with van der Waals surface area (Å²) in [7, 11) is 0. The van der Waals surface area contributed by atoms with Crippen LogP contribution in [0.4, 0.5) is 13.2 Å². The molecular weight excluding hydrogens is 199 g/mol. The standard InChI is InChI=1S/C8H14F3NO2/c1-6(2)12(5-7(13)14)4-3-8(9,10)11/h6H,3-5H2,1-2H3,(H,13,14). The van der Waals surface area contributed by atoms with Crippen LogP contribution in [0.1, 0.15) is 20.3 Å². The van der Waals surface area contributed by atoms with E-state index >= 15 is 0 Å². The van der Waals surface area contributed by atoms with Crippen molar-refractivity contribution >= 4 is 5.97 Å². The lowest BCUT2D eigenvalue weighted by atomic mass is 10.3. The highest BCUT2D eigenvalue weighted by Crippen LogP contribution is 2.20. The van der Waals surface area contributed by atoms with Crippen LogP contribution in [-0.2, 0) is 4.79 Å². The van der Waals surface area contributed by atoms with E-state index in [1.807, 2.05) is 0 Å². The maximum Gasteiger partial charge on any atom is 0.390 e. The van der Waals surface area contributed by atoms with Gasteiger partial charge in [-0.2, -0.15) is 13.2 Å². The molecule has 0 radical (unpaired) electrons. The van der Waals surface area contributed by atoms with Gasteiger partial charge in [0.1, 0.15) is 0 Å². The molecule has 1 N–H and O–H groups in total. The first-order valence-corrected chi connectivity index (χ1v) is 4.25. The normalized spacial score (nSPS) is 12.5. The van der Waals surface area contributed by atoms with Crippen LogP contribution < -0.4 is 0 Å². The number of hydrogen-bond acceptors (Lipinski definition) is 2. The maximum atomic E-state index is 11.8. The number of carbonyl (C=O) groups is 1. The van der Waals surface area contributed by atoms with Crippen molar-refractivity contribution in [1.82, 2.24) is 4.90 Å². The van der Waals surface area contributed by atoms with Gasteiger partial charge in [0.15, 0.2) is 0 Å². The smallest absolute Gasteiger partial charge is 0.390 e. The minimum atomic E-state index is -4.23. The lowest BCUT2D eigenvalue weighted by Gasteiger charge is -2.24. The Morgan fingerprint density at radius 1 is 1.43 bits per heavy atom. The van der Waals surface area contributed by atoms with Crippen LogP contribution in [0.3, 0.4) is 0 Å². The first-order chi connectivity index (χ1) is 6.22. The Bertz CT molecular complexity index is 192. The summed E-state index contributed by atoms with van der Waals surface area (Å²) < 4.78 is 35.5. The van der Waals surface area contributed by atoms with Crippen LogP contribution in [0.2, 0.25) is 0 Å². The predicted octanol–water partition coefficient (Wildman–Crippen LogP) is 1.73. The molecule has 0 heterocycles. The largest absolute Gasteiger partial charge is 0.480 e. The van der Waals surface area contributed by atoms with Gasteiger partial charge in [-0.1, -0.05) is 0 Å². The number of rotatable bonds is 5. The Kier molecular flexibility index (Phi) is 4.90. The molecule has 0 fully saturated rings. The van der Waals surface area contributed by atoms with E-state index in [9.17, 15) is 18.0 Å². The zero-order chi connectivity index (χ0) is 11.4. The third-order valence-corrected chi connectivity index (χ3v) is 1.75. The zero-order valence-corrected chi connectivity index (χ0v) is 8.14. The lowest BCUT2D eigenvalue weighted by molar-refractivity contribution is -0.146. The lowest BCUT2D eigenvalue weighted by Crippen LogP contribution is -2.38. The third kappa shape index (κ3) is 6.71. The van der Waals surface area contributed by atoms with Crippen LogP contribution in [0.25, 0.3) is 0 Å². The Morgan fingerprint density at radius 2 is 1.93 bits per heavy atom. The number of aliphatic carboxylic acids is 1.